The second kappa shape index (κ2) is 6.22. The van der Waals surface area contributed by atoms with Crippen LogP contribution in [0.5, 0.6) is 0 Å². The first-order chi connectivity index (χ1) is 9.41. The quantitative estimate of drug-likeness (QED) is 0.705. The molecule has 0 radical (unpaired) electrons. The lowest BCUT2D eigenvalue weighted by Gasteiger charge is -2.35. The zero-order chi connectivity index (χ0) is 14.8. The molecule has 0 bridgehead atoms. The van der Waals surface area contributed by atoms with Crippen LogP contribution < -0.4 is 0 Å². The lowest BCUT2D eigenvalue weighted by Crippen LogP contribution is -2.51. The molecular weight excluding hydrogens is 254 g/mol. The Morgan fingerprint density at radius 3 is 2.30 bits per heavy atom. The van der Waals surface area contributed by atoms with Crippen LogP contribution in [-0.2, 0) is 9.59 Å². The fraction of sp³-hybridized carbons (Fsp3) is 0.867. The summed E-state index contributed by atoms with van der Waals surface area (Å²) < 4.78 is 0. The van der Waals surface area contributed by atoms with Gasteiger partial charge in [-0.25, -0.2) is 0 Å². The average molecular weight is 281 g/mol. The fourth-order valence-corrected chi connectivity index (χ4v) is 3.09. The fourth-order valence-electron chi connectivity index (χ4n) is 3.09. The third kappa shape index (κ3) is 3.58. The molecule has 2 fully saturated rings. The van der Waals surface area contributed by atoms with Gasteiger partial charge >= 0.3 is 0 Å². The zero-order valence-electron chi connectivity index (χ0n) is 13.0. The van der Waals surface area contributed by atoms with Gasteiger partial charge in [0.1, 0.15) is 6.29 Å². The van der Waals surface area contributed by atoms with Gasteiger partial charge in [-0.3, -0.25) is 14.6 Å². The van der Waals surface area contributed by atoms with Gasteiger partial charge in [0.15, 0.2) is 0 Å². The Morgan fingerprint density at radius 1 is 1.15 bits per heavy atom. The second-order valence-electron chi connectivity index (χ2n) is 6.89. The number of aldehydes is 1. The van der Waals surface area contributed by atoms with Crippen LogP contribution in [0, 0.1) is 5.92 Å². The third-order valence-electron chi connectivity index (χ3n) is 4.50. The zero-order valence-corrected chi connectivity index (χ0v) is 13.0. The number of hydrogen-bond donors (Lipinski definition) is 0. The van der Waals surface area contributed by atoms with Gasteiger partial charge in [-0.1, -0.05) is 0 Å². The van der Waals surface area contributed by atoms with E-state index < -0.39 is 0 Å². The van der Waals surface area contributed by atoms with Crippen LogP contribution in [0.3, 0.4) is 0 Å². The Bertz CT molecular complexity index is 357. The summed E-state index contributed by atoms with van der Waals surface area (Å²) in [6.07, 6.45) is 1.92. The number of nitrogens with zero attached hydrogens (tertiary/aromatic N) is 3. The van der Waals surface area contributed by atoms with E-state index in [1.165, 1.54) is 0 Å². The van der Waals surface area contributed by atoms with Crippen LogP contribution in [0.25, 0.3) is 0 Å². The molecule has 1 amide bonds. The minimum atomic E-state index is 0.150. The van der Waals surface area contributed by atoms with E-state index in [4.69, 9.17) is 0 Å². The average Bonchev–Trinajstić information content (AvgIpc) is 2.89. The number of carbonyl (C=O) groups excluding carboxylic acids is 2. The lowest BCUT2D eigenvalue weighted by atomic mass is 10.1. The standard InChI is InChI=1S/C15H27N3O2/c1-15(2,3)18-5-4-13(12-18)14(20)17-8-6-16(7-9-17)10-11-19/h11,13H,4-10,12H2,1-3H3. The third-order valence-corrected chi connectivity index (χ3v) is 4.50. The maximum Gasteiger partial charge on any atom is 0.227 e. The predicted octanol–water partition coefficient (Wildman–Crippen LogP) is 0.450. The summed E-state index contributed by atoms with van der Waals surface area (Å²) in [6.45, 7) is 12.2. The second-order valence-corrected chi connectivity index (χ2v) is 6.89. The molecule has 0 spiro atoms. The van der Waals surface area contributed by atoms with E-state index in [1.54, 1.807) is 0 Å². The minimum Gasteiger partial charge on any atom is -0.340 e. The Labute approximate surface area is 121 Å². The predicted molar refractivity (Wildman–Crippen MR) is 78.5 cm³/mol. The van der Waals surface area contributed by atoms with Crippen molar-refractivity contribution in [1.82, 2.24) is 14.7 Å². The highest BCUT2D eigenvalue weighted by atomic mass is 16.2. The molecule has 0 N–H and O–H groups in total. The molecule has 20 heavy (non-hydrogen) atoms. The summed E-state index contributed by atoms with van der Waals surface area (Å²) >= 11 is 0. The normalized spacial score (nSPS) is 25.9. The molecule has 0 aliphatic carbocycles. The number of hydrogen-bond acceptors (Lipinski definition) is 4. The van der Waals surface area contributed by atoms with Crippen molar-refractivity contribution in [2.24, 2.45) is 5.92 Å². The first kappa shape index (κ1) is 15.4. The molecule has 2 heterocycles. The number of rotatable bonds is 3. The molecule has 2 rings (SSSR count). The molecule has 2 aliphatic heterocycles. The van der Waals surface area contributed by atoms with Gasteiger partial charge in [0.25, 0.3) is 0 Å². The molecule has 1 atom stereocenters. The minimum absolute atomic E-state index is 0.150. The Hall–Kier alpha value is -0.940. The first-order valence-electron chi connectivity index (χ1n) is 7.61. The van der Waals surface area contributed by atoms with Gasteiger partial charge in [-0.2, -0.15) is 0 Å². The van der Waals surface area contributed by atoms with E-state index in [2.05, 4.69) is 30.6 Å². The summed E-state index contributed by atoms with van der Waals surface area (Å²) in [6, 6.07) is 0. The molecular formula is C15H27N3O2. The van der Waals surface area contributed by atoms with Crippen molar-refractivity contribution >= 4 is 12.2 Å². The van der Waals surface area contributed by atoms with Crippen molar-refractivity contribution in [3.63, 3.8) is 0 Å². The van der Waals surface area contributed by atoms with E-state index in [9.17, 15) is 9.59 Å². The molecule has 0 aromatic heterocycles. The van der Waals surface area contributed by atoms with Crippen molar-refractivity contribution in [2.75, 3.05) is 45.8 Å². The Morgan fingerprint density at radius 2 is 1.80 bits per heavy atom. The molecule has 114 valence electrons. The Balaban J connectivity index is 1.83. The summed E-state index contributed by atoms with van der Waals surface area (Å²) in [5.74, 6) is 0.467. The molecule has 0 aromatic rings. The molecule has 2 saturated heterocycles. The number of carbonyl (C=O) groups is 2. The molecule has 2 aliphatic rings. The van der Waals surface area contributed by atoms with Gasteiger partial charge in [0, 0.05) is 38.3 Å². The van der Waals surface area contributed by atoms with Crippen LogP contribution >= 0.6 is 0 Å². The van der Waals surface area contributed by atoms with Crippen LogP contribution in [0.4, 0.5) is 0 Å². The summed E-state index contributed by atoms with van der Waals surface area (Å²) in [7, 11) is 0. The van der Waals surface area contributed by atoms with Gasteiger partial charge in [0.2, 0.25) is 5.91 Å². The Kier molecular flexibility index (Phi) is 4.81. The topological polar surface area (TPSA) is 43.9 Å². The van der Waals surface area contributed by atoms with Crippen molar-refractivity contribution < 1.29 is 9.59 Å². The van der Waals surface area contributed by atoms with Gasteiger partial charge in [0.05, 0.1) is 12.5 Å². The first-order valence-corrected chi connectivity index (χ1v) is 7.61. The van der Waals surface area contributed by atoms with Gasteiger partial charge < -0.3 is 9.69 Å². The number of likely N-dealkylation sites (tertiary alicyclic amines) is 1. The maximum atomic E-state index is 12.5. The van der Waals surface area contributed by atoms with E-state index in [1.807, 2.05) is 4.90 Å². The smallest absolute Gasteiger partial charge is 0.227 e. The van der Waals surface area contributed by atoms with Gasteiger partial charge in [-0.15, -0.1) is 0 Å². The number of piperazine rings is 1. The van der Waals surface area contributed by atoms with Crippen molar-refractivity contribution in [2.45, 2.75) is 32.7 Å². The maximum absolute atomic E-state index is 12.5. The molecule has 5 nitrogen and oxygen atoms in total. The highest BCUT2D eigenvalue weighted by molar-refractivity contribution is 5.79. The summed E-state index contributed by atoms with van der Waals surface area (Å²) in [4.78, 5) is 29.5. The largest absolute Gasteiger partial charge is 0.340 e. The molecule has 1 unspecified atom stereocenters. The molecule has 0 saturated carbocycles. The number of amides is 1. The monoisotopic (exact) mass is 281 g/mol. The summed E-state index contributed by atoms with van der Waals surface area (Å²) in [5.41, 5.74) is 0.150. The highest BCUT2D eigenvalue weighted by Gasteiger charge is 2.36. The van der Waals surface area contributed by atoms with E-state index in [-0.39, 0.29) is 11.5 Å². The van der Waals surface area contributed by atoms with Crippen molar-refractivity contribution in [3.8, 4) is 0 Å². The lowest BCUT2D eigenvalue weighted by molar-refractivity contribution is -0.137. The molecule has 5 heteroatoms. The van der Waals surface area contributed by atoms with Gasteiger partial charge in [-0.05, 0) is 33.7 Å². The van der Waals surface area contributed by atoms with Crippen LogP contribution in [0.2, 0.25) is 0 Å². The van der Waals surface area contributed by atoms with E-state index in [0.29, 0.717) is 12.5 Å². The van der Waals surface area contributed by atoms with E-state index in [0.717, 1.165) is 52.0 Å². The van der Waals surface area contributed by atoms with Crippen molar-refractivity contribution in [1.29, 1.82) is 0 Å². The van der Waals surface area contributed by atoms with Crippen LogP contribution in [0.15, 0.2) is 0 Å². The van der Waals surface area contributed by atoms with Crippen LogP contribution in [0.1, 0.15) is 27.2 Å². The highest BCUT2D eigenvalue weighted by Crippen LogP contribution is 2.26. The SMILES string of the molecule is CC(C)(C)N1CCC(C(=O)N2CCN(CC=O)CC2)C1. The van der Waals surface area contributed by atoms with E-state index >= 15 is 0 Å². The summed E-state index contributed by atoms with van der Waals surface area (Å²) in [5, 5.41) is 0. The van der Waals surface area contributed by atoms with Crippen molar-refractivity contribution in [3.05, 3.63) is 0 Å². The molecule has 0 aromatic carbocycles. The van der Waals surface area contributed by atoms with Crippen LogP contribution in [-0.4, -0.2) is 78.2 Å².